The molecule has 1 rings (SSSR count). The fourth-order valence-corrected chi connectivity index (χ4v) is 2.41. The van der Waals surface area contributed by atoms with Gasteiger partial charge in [0.25, 0.3) is 0 Å². The Balaban J connectivity index is 1.87. The van der Waals surface area contributed by atoms with Crippen molar-refractivity contribution in [1.82, 2.24) is 5.32 Å². The van der Waals surface area contributed by atoms with Gasteiger partial charge in [0, 0.05) is 6.61 Å². The predicted octanol–water partition coefficient (Wildman–Crippen LogP) is 2.56. The topological polar surface area (TPSA) is 32.3 Å². The van der Waals surface area contributed by atoms with Crippen molar-refractivity contribution in [2.24, 2.45) is 11.8 Å². The second-order valence-electron chi connectivity index (χ2n) is 5.10. The maximum atomic E-state index is 8.62. The van der Waals surface area contributed by atoms with E-state index in [1.165, 1.54) is 38.6 Å². The van der Waals surface area contributed by atoms with Gasteiger partial charge in [0.05, 0.1) is 0 Å². The Labute approximate surface area is 94.5 Å². The van der Waals surface area contributed by atoms with Crippen LogP contribution in [-0.4, -0.2) is 24.8 Å². The summed E-state index contributed by atoms with van der Waals surface area (Å²) in [7, 11) is 0. The van der Waals surface area contributed by atoms with Gasteiger partial charge in [-0.1, -0.05) is 32.6 Å². The molecule has 2 N–H and O–H groups in total. The lowest BCUT2D eigenvalue weighted by molar-refractivity contribution is 0.272. The van der Waals surface area contributed by atoms with Crippen LogP contribution in [0.1, 0.15) is 51.9 Å². The van der Waals surface area contributed by atoms with Gasteiger partial charge in [0.15, 0.2) is 0 Å². The lowest BCUT2D eigenvalue weighted by Crippen LogP contribution is -2.21. The first-order chi connectivity index (χ1) is 7.33. The summed E-state index contributed by atoms with van der Waals surface area (Å²) in [5.74, 6) is 1.95. The molecule has 0 spiro atoms. The van der Waals surface area contributed by atoms with Crippen molar-refractivity contribution in [3.8, 4) is 0 Å². The fraction of sp³-hybridized carbons (Fsp3) is 1.00. The van der Waals surface area contributed by atoms with Gasteiger partial charge >= 0.3 is 0 Å². The first-order valence-electron chi connectivity index (χ1n) is 6.64. The number of aliphatic hydroxyl groups excluding tert-OH is 1. The van der Waals surface area contributed by atoms with E-state index in [1.54, 1.807) is 0 Å². The number of aliphatic hydroxyl groups is 1. The smallest absolute Gasteiger partial charge is 0.0431 e. The van der Waals surface area contributed by atoms with Crippen LogP contribution in [0.3, 0.4) is 0 Å². The lowest BCUT2D eigenvalue weighted by atomic mass is 9.81. The normalized spacial score (nSPS) is 26.8. The Bertz CT molecular complexity index is 141. The summed E-state index contributed by atoms with van der Waals surface area (Å²) in [5.41, 5.74) is 0. The summed E-state index contributed by atoms with van der Waals surface area (Å²) in [6, 6.07) is 0. The molecule has 0 radical (unpaired) electrons. The first-order valence-corrected chi connectivity index (χ1v) is 6.64. The molecule has 1 aliphatic carbocycles. The third-order valence-electron chi connectivity index (χ3n) is 3.63. The third-order valence-corrected chi connectivity index (χ3v) is 3.63. The summed E-state index contributed by atoms with van der Waals surface area (Å²) in [5, 5.41) is 12.1. The quantitative estimate of drug-likeness (QED) is 0.637. The SMILES string of the molecule is CC1CCC(CCNCCCCO)CC1. The van der Waals surface area contributed by atoms with Crippen LogP contribution < -0.4 is 5.32 Å². The largest absolute Gasteiger partial charge is 0.396 e. The van der Waals surface area contributed by atoms with Crippen molar-refractivity contribution in [2.75, 3.05) is 19.7 Å². The Hall–Kier alpha value is -0.0800. The summed E-state index contributed by atoms with van der Waals surface area (Å²) < 4.78 is 0. The number of nitrogens with one attached hydrogen (secondary N) is 1. The van der Waals surface area contributed by atoms with E-state index in [9.17, 15) is 0 Å². The van der Waals surface area contributed by atoms with Crippen molar-refractivity contribution in [3.63, 3.8) is 0 Å². The summed E-state index contributed by atoms with van der Waals surface area (Å²) in [6.45, 7) is 4.96. The molecule has 1 aliphatic rings. The van der Waals surface area contributed by atoms with Crippen LogP contribution in [0, 0.1) is 11.8 Å². The highest BCUT2D eigenvalue weighted by Gasteiger charge is 2.17. The van der Waals surface area contributed by atoms with Gasteiger partial charge in [-0.05, 0) is 44.2 Å². The van der Waals surface area contributed by atoms with E-state index in [1.807, 2.05) is 0 Å². The molecule has 2 heteroatoms. The van der Waals surface area contributed by atoms with E-state index in [0.29, 0.717) is 6.61 Å². The Kier molecular flexibility index (Phi) is 7.03. The maximum absolute atomic E-state index is 8.62. The lowest BCUT2D eigenvalue weighted by Gasteiger charge is -2.26. The summed E-state index contributed by atoms with van der Waals surface area (Å²) >= 11 is 0. The molecule has 0 heterocycles. The van der Waals surface area contributed by atoms with Crippen LogP contribution >= 0.6 is 0 Å². The molecule has 0 aromatic heterocycles. The molecule has 0 atom stereocenters. The van der Waals surface area contributed by atoms with Gasteiger partial charge in [-0.25, -0.2) is 0 Å². The molecule has 2 nitrogen and oxygen atoms in total. The molecule has 0 aliphatic heterocycles. The average molecular weight is 213 g/mol. The van der Waals surface area contributed by atoms with Crippen LogP contribution in [0.25, 0.3) is 0 Å². The van der Waals surface area contributed by atoms with Gasteiger partial charge in [0.1, 0.15) is 0 Å². The van der Waals surface area contributed by atoms with Crippen molar-refractivity contribution in [3.05, 3.63) is 0 Å². The fourth-order valence-electron chi connectivity index (χ4n) is 2.41. The van der Waals surface area contributed by atoms with Gasteiger partial charge in [-0.3, -0.25) is 0 Å². The van der Waals surface area contributed by atoms with E-state index >= 15 is 0 Å². The number of rotatable bonds is 7. The summed E-state index contributed by atoms with van der Waals surface area (Å²) in [4.78, 5) is 0. The van der Waals surface area contributed by atoms with E-state index in [0.717, 1.165) is 31.2 Å². The molecular weight excluding hydrogens is 186 g/mol. The molecule has 0 saturated heterocycles. The van der Waals surface area contributed by atoms with Crippen molar-refractivity contribution < 1.29 is 5.11 Å². The highest BCUT2D eigenvalue weighted by molar-refractivity contribution is 4.70. The second-order valence-corrected chi connectivity index (χ2v) is 5.10. The average Bonchev–Trinajstić information content (AvgIpc) is 2.26. The van der Waals surface area contributed by atoms with E-state index in [2.05, 4.69) is 12.2 Å². The zero-order chi connectivity index (χ0) is 10.9. The maximum Gasteiger partial charge on any atom is 0.0431 e. The van der Waals surface area contributed by atoms with E-state index < -0.39 is 0 Å². The minimum Gasteiger partial charge on any atom is -0.396 e. The minimum absolute atomic E-state index is 0.336. The molecule has 0 amide bonds. The van der Waals surface area contributed by atoms with Crippen molar-refractivity contribution >= 4 is 0 Å². The molecule has 0 bridgehead atoms. The molecule has 1 saturated carbocycles. The molecule has 0 aromatic carbocycles. The monoisotopic (exact) mass is 213 g/mol. The minimum atomic E-state index is 0.336. The Morgan fingerprint density at radius 2 is 1.80 bits per heavy atom. The van der Waals surface area contributed by atoms with Crippen molar-refractivity contribution in [2.45, 2.75) is 51.9 Å². The summed E-state index contributed by atoms with van der Waals surface area (Å²) in [6.07, 6.45) is 9.17. The molecule has 15 heavy (non-hydrogen) atoms. The van der Waals surface area contributed by atoms with Gasteiger partial charge in [0.2, 0.25) is 0 Å². The van der Waals surface area contributed by atoms with Gasteiger partial charge in [-0.2, -0.15) is 0 Å². The second kappa shape index (κ2) is 8.12. The van der Waals surface area contributed by atoms with E-state index in [-0.39, 0.29) is 0 Å². The van der Waals surface area contributed by atoms with Crippen LogP contribution in [0.15, 0.2) is 0 Å². The Morgan fingerprint density at radius 3 is 2.47 bits per heavy atom. The van der Waals surface area contributed by atoms with Crippen LogP contribution in [0.4, 0.5) is 0 Å². The molecule has 0 aromatic rings. The number of hydrogen-bond acceptors (Lipinski definition) is 2. The zero-order valence-corrected chi connectivity index (χ0v) is 10.2. The molecular formula is C13H27NO. The van der Waals surface area contributed by atoms with E-state index in [4.69, 9.17) is 5.11 Å². The number of unbranched alkanes of at least 4 members (excludes halogenated alkanes) is 1. The Morgan fingerprint density at radius 1 is 1.07 bits per heavy atom. The zero-order valence-electron chi connectivity index (χ0n) is 10.2. The molecule has 90 valence electrons. The predicted molar refractivity (Wildman–Crippen MR) is 64.9 cm³/mol. The van der Waals surface area contributed by atoms with Gasteiger partial charge < -0.3 is 10.4 Å². The van der Waals surface area contributed by atoms with Crippen molar-refractivity contribution in [1.29, 1.82) is 0 Å². The van der Waals surface area contributed by atoms with Crippen LogP contribution in [0.5, 0.6) is 0 Å². The first kappa shape index (κ1) is 13.0. The third kappa shape index (κ3) is 6.16. The van der Waals surface area contributed by atoms with Crippen LogP contribution in [-0.2, 0) is 0 Å². The highest BCUT2D eigenvalue weighted by atomic mass is 16.2. The standard InChI is InChI=1S/C13H27NO/c1-12-4-6-13(7-5-12)8-10-14-9-2-3-11-15/h12-15H,2-11H2,1H3. The molecule has 0 unspecified atom stereocenters. The highest BCUT2D eigenvalue weighted by Crippen LogP contribution is 2.29. The van der Waals surface area contributed by atoms with Crippen LogP contribution in [0.2, 0.25) is 0 Å². The van der Waals surface area contributed by atoms with Gasteiger partial charge in [-0.15, -0.1) is 0 Å². The number of hydrogen-bond donors (Lipinski definition) is 2. The molecule has 1 fully saturated rings.